The van der Waals surface area contributed by atoms with Crippen LogP contribution in [0.1, 0.15) is 42.8 Å². The van der Waals surface area contributed by atoms with Crippen LogP contribution in [-0.4, -0.2) is 34.3 Å². The summed E-state index contributed by atoms with van der Waals surface area (Å²) in [6.07, 6.45) is 2.39. The van der Waals surface area contributed by atoms with Crippen molar-refractivity contribution in [1.29, 1.82) is 5.26 Å². The zero-order valence-corrected chi connectivity index (χ0v) is 10.9. The first-order chi connectivity index (χ1) is 8.17. The van der Waals surface area contributed by atoms with E-state index >= 15 is 0 Å². The van der Waals surface area contributed by atoms with Crippen molar-refractivity contribution in [2.45, 2.75) is 39.7 Å². The van der Waals surface area contributed by atoms with Gasteiger partial charge >= 0.3 is 0 Å². The van der Waals surface area contributed by atoms with E-state index in [2.05, 4.69) is 27.7 Å². The monoisotopic (exact) mass is 232 g/mol. The van der Waals surface area contributed by atoms with Gasteiger partial charge in [-0.2, -0.15) is 10.4 Å². The fraction of sp³-hybridized carbons (Fsp3) is 0.692. The molecule has 1 atom stereocenters. The van der Waals surface area contributed by atoms with Crippen LogP contribution >= 0.6 is 0 Å². The van der Waals surface area contributed by atoms with Gasteiger partial charge in [0, 0.05) is 6.54 Å². The minimum absolute atomic E-state index is 0.435. The van der Waals surface area contributed by atoms with E-state index < -0.39 is 0 Å². The predicted molar refractivity (Wildman–Crippen MR) is 66.8 cm³/mol. The fourth-order valence-corrected chi connectivity index (χ4v) is 2.70. The molecule has 0 amide bonds. The van der Waals surface area contributed by atoms with Gasteiger partial charge < -0.3 is 4.90 Å². The molecule has 0 aromatic carbocycles. The highest BCUT2D eigenvalue weighted by atomic mass is 15.3. The van der Waals surface area contributed by atoms with Crippen molar-refractivity contribution in [3.8, 4) is 6.07 Å². The highest BCUT2D eigenvalue weighted by Gasteiger charge is 2.23. The Bertz CT molecular complexity index is 441. The quantitative estimate of drug-likeness (QED) is 0.783. The van der Waals surface area contributed by atoms with Crippen LogP contribution in [0.5, 0.6) is 0 Å². The standard InChI is InChI=1S/C13H20N4/c1-4-16-7-5-6-12(9-16)17-11(3)13(8-14)10(2)15-17/h12H,4-7,9H2,1-3H3. The largest absolute Gasteiger partial charge is 0.301 e. The lowest BCUT2D eigenvalue weighted by molar-refractivity contribution is 0.176. The molecule has 0 saturated carbocycles. The minimum Gasteiger partial charge on any atom is -0.301 e. The van der Waals surface area contributed by atoms with E-state index in [0.29, 0.717) is 6.04 Å². The Morgan fingerprint density at radius 1 is 1.47 bits per heavy atom. The number of nitrogens with zero attached hydrogens (tertiary/aromatic N) is 4. The molecule has 1 aliphatic heterocycles. The van der Waals surface area contributed by atoms with Crippen molar-refractivity contribution in [3.63, 3.8) is 0 Å². The molecule has 4 nitrogen and oxygen atoms in total. The number of aryl methyl sites for hydroxylation is 1. The lowest BCUT2D eigenvalue weighted by Gasteiger charge is -2.32. The number of hydrogen-bond donors (Lipinski definition) is 0. The van der Waals surface area contributed by atoms with E-state index in [4.69, 9.17) is 5.26 Å². The highest BCUT2D eigenvalue weighted by Crippen LogP contribution is 2.24. The van der Waals surface area contributed by atoms with E-state index in [1.165, 1.54) is 19.4 Å². The second-order valence-electron chi connectivity index (χ2n) is 4.79. The predicted octanol–water partition coefficient (Wildman–Crippen LogP) is 2.03. The molecule has 1 unspecified atom stereocenters. The van der Waals surface area contributed by atoms with Gasteiger partial charge in [-0.3, -0.25) is 4.68 Å². The molecule has 1 fully saturated rings. The molecule has 0 N–H and O–H groups in total. The number of hydrogen-bond acceptors (Lipinski definition) is 3. The molecule has 0 aliphatic carbocycles. The number of likely N-dealkylation sites (N-methyl/N-ethyl adjacent to an activating group) is 1. The number of piperidine rings is 1. The van der Waals surface area contributed by atoms with Gasteiger partial charge in [0.1, 0.15) is 6.07 Å². The highest BCUT2D eigenvalue weighted by molar-refractivity contribution is 5.37. The lowest BCUT2D eigenvalue weighted by atomic mass is 10.1. The third kappa shape index (κ3) is 2.20. The van der Waals surface area contributed by atoms with Crippen molar-refractivity contribution in [1.82, 2.24) is 14.7 Å². The van der Waals surface area contributed by atoms with Gasteiger partial charge in [-0.05, 0) is 39.8 Å². The molecule has 2 heterocycles. The van der Waals surface area contributed by atoms with Crippen molar-refractivity contribution >= 4 is 0 Å². The average Bonchev–Trinajstić information content (AvgIpc) is 2.64. The van der Waals surface area contributed by atoms with Gasteiger partial charge in [-0.25, -0.2) is 0 Å². The van der Waals surface area contributed by atoms with E-state index in [1.807, 2.05) is 13.8 Å². The Labute approximate surface area is 103 Å². The van der Waals surface area contributed by atoms with Crippen LogP contribution in [-0.2, 0) is 0 Å². The first-order valence-corrected chi connectivity index (χ1v) is 6.35. The summed E-state index contributed by atoms with van der Waals surface area (Å²) >= 11 is 0. The Kier molecular flexibility index (Phi) is 3.49. The maximum absolute atomic E-state index is 9.10. The van der Waals surface area contributed by atoms with Crippen molar-refractivity contribution in [3.05, 3.63) is 17.0 Å². The molecule has 0 spiro atoms. The molecule has 4 heteroatoms. The third-order valence-corrected chi connectivity index (χ3v) is 3.71. The average molecular weight is 232 g/mol. The van der Waals surface area contributed by atoms with E-state index in [1.54, 1.807) is 0 Å². The molecule has 92 valence electrons. The summed E-state index contributed by atoms with van der Waals surface area (Å²) in [6, 6.07) is 2.69. The SMILES string of the molecule is CCN1CCCC(n2nc(C)c(C#N)c2C)C1. The van der Waals surface area contributed by atoms with Crippen molar-refractivity contribution in [2.75, 3.05) is 19.6 Å². The molecule has 0 radical (unpaired) electrons. The van der Waals surface area contributed by atoms with Crippen LogP contribution in [0.3, 0.4) is 0 Å². The van der Waals surface area contributed by atoms with Gasteiger partial charge in [0.15, 0.2) is 0 Å². The van der Waals surface area contributed by atoms with Gasteiger partial charge in [0.05, 0.1) is 23.0 Å². The summed E-state index contributed by atoms with van der Waals surface area (Å²) < 4.78 is 2.07. The summed E-state index contributed by atoms with van der Waals surface area (Å²) in [6.45, 7) is 9.47. The van der Waals surface area contributed by atoms with Gasteiger partial charge in [-0.15, -0.1) is 0 Å². The smallest absolute Gasteiger partial charge is 0.103 e. The first-order valence-electron chi connectivity index (χ1n) is 6.35. The number of likely N-dealkylation sites (tertiary alicyclic amines) is 1. The summed E-state index contributed by atoms with van der Waals surface area (Å²) in [7, 11) is 0. The second kappa shape index (κ2) is 4.89. The van der Waals surface area contributed by atoms with Crippen LogP contribution in [0.4, 0.5) is 0 Å². The Balaban J connectivity index is 2.25. The number of rotatable bonds is 2. The van der Waals surface area contributed by atoms with Crippen LogP contribution in [0.25, 0.3) is 0 Å². The Morgan fingerprint density at radius 2 is 2.24 bits per heavy atom. The Morgan fingerprint density at radius 3 is 2.82 bits per heavy atom. The van der Waals surface area contributed by atoms with Crippen molar-refractivity contribution in [2.24, 2.45) is 0 Å². The molecule has 2 rings (SSSR count). The maximum Gasteiger partial charge on any atom is 0.103 e. The second-order valence-corrected chi connectivity index (χ2v) is 4.79. The normalized spacial score (nSPS) is 21.4. The van der Waals surface area contributed by atoms with Gasteiger partial charge in [0.2, 0.25) is 0 Å². The summed E-state index contributed by atoms with van der Waals surface area (Å²) in [5.41, 5.74) is 2.63. The minimum atomic E-state index is 0.435. The molecule has 0 bridgehead atoms. The molecule has 1 aliphatic rings. The van der Waals surface area contributed by atoms with Crippen LogP contribution < -0.4 is 0 Å². The van der Waals surface area contributed by atoms with Gasteiger partial charge in [0.25, 0.3) is 0 Å². The summed E-state index contributed by atoms with van der Waals surface area (Å²) in [5, 5.41) is 13.6. The Hall–Kier alpha value is -1.34. The topological polar surface area (TPSA) is 44.9 Å². The zero-order chi connectivity index (χ0) is 12.4. The lowest BCUT2D eigenvalue weighted by Crippen LogP contribution is -2.37. The zero-order valence-electron chi connectivity index (χ0n) is 10.9. The van der Waals surface area contributed by atoms with E-state index in [-0.39, 0.29) is 0 Å². The third-order valence-electron chi connectivity index (χ3n) is 3.71. The molecule has 1 aromatic heterocycles. The summed E-state index contributed by atoms with van der Waals surface area (Å²) in [4.78, 5) is 2.46. The van der Waals surface area contributed by atoms with Crippen LogP contribution in [0, 0.1) is 25.2 Å². The number of nitriles is 1. The first kappa shape index (κ1) is 12.1. The fourth-order valence-electron chi connectivity index (χ4n) is 2.70. The molecule has 1 aromatic rings. The van der Waals surface area contributed by atoms with E-state index in [9.17, 15) is 0 Å². The molecular formula is C13H20N4. The maximum atomic E-state index is 9.10. The molecular weight excluding hydrogens is 212 g/mol. The van der Waals surface area contributed by atoms with E-state index in [0.717, 1.165) is 30.0 Å². The van der Waals surface area contributed by atoms with Crippen LogP contribution in [0.2, 0.25) is 0 Å². The molecule has 17 heavy (non-hydrogen) atoms. The van der Waals surface area contributed by atoms with Gasteiger partial charge in [-0.1, -0.05) is 6.92 Å². The summed E-state index contributed by atoms with van der Waals surface area (Å²) in [5.74, 6) is 0. The number of aromatic nitrogens is 2. The molecule has 1 saturated heterocycles. The van der Waals surface area contributed by atoms with Crippen molar-refractivity contribution < 1.29 is 0 Å². The van der Waals surface area contributed by atoms with Crippen LogP contribution in [0.15, 0.2) is 0 Å².